The van der Waals surface area contributed by atoms with Gasteiger partial charge in [-0.05, 0) is 43.2 Å². The number of nitrogens with zero attached hydrogens (tertiary/aromatic N) is 2. The van der Waals surface area contributed by atoms with Crippen molar-refractivity contribution >= 4 is 37.3 Å². The van der Waals surface area contributed by atoms with E-state index in [4.69, 9.17) is 4.74 Å². The van der Waals surface area contributed by atoms with Crippen molar-refractivity contribution in [2.75, 3.05) is 42.6 Å². The molecule has 9 nitrogen and oxygen atoms in total. The predicted molar refractivity (Wildman–Crippen MR) is 118 cm³/mol. The van der Waals surface area contributed by atoms with Crippen molar-refractivity contribution in [3.63, 3.8) is 0 Å². The summed E-state index contributed by atoms with van der Waals surface area (Å²) in [5, 5.41) is 2.58. The number of hydrogen-bond donors (Lipinski definition) is 1. The second-order valence-corrected chi connectivity index (χ2v) is 11.0. The highest BCUT2D eigenvalue weighted by molar-refractivity contribution is 7.92. The highest BCUT2D eigenvalue weighted by Crippen LogP contribution is 2.30. The second kappa shape index (κ2) is 9.25. The normalized spacial score (nSPS) is 14.9. The van der Waals surface area contributed by atoms with Crippen LogP contribution in [0.4, 0.5) is 11.4 Å². The van der Waals surface area contributed by atoms with Crippen molar-refractivity contribution in [2.45, 2.75) is 17.7 Å². The molecule has 1 aliphatic heterocycles. The smallest absolute Gasteiger partial charge is 0.245 e. The first-order chi connectivity index (χ1) is 14.6. The second-order valence-electron chi connectivity index (χ2n) is 7.13. The van der Waals surface area contributed by atoms with Crippen LogP contribution in [-0.4, -0.2) is 60.0 Å². The Hall–Kier alpha value is -2.63. The zero-order valence-electron chi connectivity index (χ0n) is 17.3. The summed E-state index contributed by atoms with van der Waals surface area (Å²) in [5.41, 5.74) is 0.492. The number of benzene rings is 2. The maximum Gasteiger partial charge on any atom is 0.245 e. The van der Waals surface area contributed by atoms with Crippen LogP contribution < -0.4 is 14.4 Å². The largest absolute Gasteiger partial charge is 0.495 e. The minimum absolute atomic E-state index is 0.0357. The number of ether oxygens (including phenoxy) is 1. The van der Waals surface area contributed by atoms with Gasteiger partial charge in [0.15, 0.2) is 0 Å². The molecule has 31 heavy (non-hydrogen) atoms. The van der Waals surface area contributed by atoms with Crippen LogP contribution in [0, 0.1) is 0 Å². The lowest BCUT2D eigenvalue weighted by Gasteiger charge is -2.22. The standard InChI is InChI=1S/C20H25N3O6S2/c1-29-19-11-10-17(31(27,28)22-12-6-7-13-22)14-18(19)21-20(24)15-23(30(2,25)26)16-8-4-3-5-9-16/h3-5,8-11,14H,6-7,12-13,15H2,1-2H3,(H,21,24). The van der Waals surface area contributed by atoms with Gasteiger partial charge in [-0.15, -0.1) is 0 Å². The fourth-order valence-electron chi connectivity index (χ4n) is 3.34. The van der Waals surface area contributed by atoms with Gasteiger partial charge in [-0.1, -0.05) is 18.2 Å². The fraction of sp³-hybridized carbons (Fsp3) is 0.350. The van der Waals surface area contributed by atoms with E-state index in [0.29, 0.717) is 18.8 Å². The van der Waals surface area contributed by atoms with Gasteiger partial charge >= 0.3 is 0 Å². The molecule has 11 heteroatoms. The van der Waals surface area contributed by atoms with Crippen LogP contribution >= 0.6 is 0 Å². The van der Waals surface area contributed by atoms with Gasteiger partial charge in [-0.3, -0.25) is 9.10 Å². The summed E-state index contributed by atoms with van der Waals surface area (Å²) in [6.07, 6.45) is 2.62. The number of carbonyl (C=O) groups is 1. The number of methoxy groups -OCH3 is 1. The van der Waals surface area contributed by atoms with Crippen molar-refractivity contribution in [1.82, 2.24) is 4.31 Å². The van der Waals surface area contributed by atoms with E-state index in [1.807, 2.05) is 0 Å². The summed E-state index contributed by atoms with van der Waals surface area (Å²) in [6, 6.07) is 12.5. The number of sulfonamides is 2. The molecule has 0 radical (unpaired) electrons. The third kappa shape index (κ3) is 5.35. The molecular weight excluding hydrogens is 442 g/mol. The van der Waals surface area contributed by atoms with Crippen LogP contribution in [0.5, 0.6) is 5.75 Å². The quantitative estimate of drug-likeness (QED) is 0.634. The van der Waals surface area contributed by atoms with E-state index < -0.39 is 32.5 Å². The molecule has 1 heterocycles. The molecule has 0 bridgehead atoms. The molecule has 0 aromatic heterocycles. The van der Waals surface area contributed by atoms with Gasteiger partial charge in [0.1, 0.15) is 12.3 Å². The van der Waals surface area contributed by atoms with Gasteiger partial charge in [0.25, 0.3) is 0 Å². The molecule has 0 spiro atoms. The average Bonchev–Trinajstić information content (AvgIpc) is 3.27. The van der Waals surface area contributed by atoms with Gasteiger partial charge in [-0.25, -0.2) is 16.8 Å². The Labute approximate surface area is 182 Å². The van der Waals surface area contributed by atoms with Crippen LogP contribution in [0.25, 0.3) is 0 Å². The van der Waals surface area contributed by atoms with Gasteiger partial charge in [0.05, 0.1) is 29.6 Å². The van der Waals surface area contributed by atoms with Crippen LogP contribution in [0.2, 0.25) is 0 Å². The van der Waals surface area contributed by atoms with Gasteiger partial charge < -0.3 is 10.1 Å². The number of anilines is 2. The number of nitrogens with one attached hydrogen (secondary N) is 1. The zero-order chi connectivity index (χ0) is 22.6. The van der Waals surface area contributed by atoms with E-state index in [-0.39, 0.29) is 16.3 Å². The molecule has 0 unspecified atom stereocenters. The number of rotatable bonds is 8. The summed E-state index contributed by atoms with van der Waals surface area (Å²) in [5.74, 6) is -0.373. The molecule has 1 N–H and O–H groups in total. The zero-order valence-corrected chi connectivity index (χ0v) is 18.9. The molecule has 0 aliphatic carbocycles. The van der Waals surface area contributed by atoms with E-state index >= 15 is 0 Å². The third-order valence-electron chi connectivity index (χ3n) is 4.88. The first kappa shape index (κ1) is 23.0. The van der Waals surface area contributed by atoms with Crippen LogP contribution in [-0.2, 0) is 24.8 Å². The molecule has 3 rings (SSSR count). The molecule has 0 atom stereocenters. The van der Waals surface area contributed by atoms with Crippen molar-refractivity contribution in [2.24, 2.45) is 0 Å². The molecule has 2 aromatic carbocycles. The van der Waals surface area contributed by atoms with Crippen molar-refractivity contribution < 1.29 is 26.4 Å². The number of amides is 1. The first-order valence-electron chi connectivity index (χ1n) is 9.64. The summed E-state index contributed by atoms with van der Waals surface area (Å²) in [7, 11) is -6.02. The van der Waals surface area contributed by atoms with Gasteiger partial charge in [0, 0.05) is 13.1 Å². The van der Waals surface area contributed by atoms with Gasteiger partial charge in [0.2, 0.25) is 26.0 Å². The SMILES string of the molecule is COc1ccc(S(=O)(=O)N2CCCC2)cc1NC(=O)CN(c1ccccc1)S(C)(=O)=O. The van der Waals surface area contributed by atoms with Crippen molar-refractivity contribution in [1.29, 1.82) is 0 Å². The molecule has 1 amide bonds. The van der Waals surface area contributed by atoms with Crippen molar-refractivity contribution in [3.05, 3.63) is 48.5 Å². The highest BCUT2D eigenvalue weighted by Gasteiger charge is 2.28. The molecule has 1 fully saturated rings. The van der Waals surface area contributed by atoms with E-state index in [2.05, 4.69) is 5.32 Å². The van der Waals surface area contributed by atoms with E-state index in [1.165, 1.54) is 29.6 Å². The number of hydrogen-bond acceptors (Lipinski definition) is 6. The summed E-state index contributed by atoms with van der Waals surface area (Å²) >= 11 is 0. The maximum atomic E-state index is 12.9. The lowest BCUT2D eigenvalue weighted by molar-refractivity contribution is -0.114. The minimum Gasteiger partial charge on any atom is -0.495 e. The number of para-hydroxylation sites is 1. The minimum atomic E-state index is -3.72. The Morgan fingerprint density at radius 3 is 2.29 bits per heavy atom. The highest BCUT2D eigenvalue weighted by atomic mass is 32.2. The molecule has 1 saturated heterocycles. The van der Waals surface area contributed by atoms with Crippen LogP contribution in [0.1, 0.15) is 12.8 Å². The van der Waals surface area contributed by atoms with E-state index in [0.717, 1.165) is 23.4 Å². The van der Waals surface area contributed by atoms with E-state index in [1.54, 1.807) is 30.3 Å². The number of carbonyl (C=O) groups excluding carboxylic acids is 1. The Morgan fingerprint density at radius 1 is 1.06 bits per heavy atom. The Kier molecular flexibility index (Phi) is 6.87. The topological polar surface area (TPSA) is 113 Å². The summed E-state index contributed by atoms with van der Waals surface area (Å²) in [4.78, 5) is 12.7. The Bertz CT molecular complexity index is 1140. The average molecular weight is 468 g/mol. The van der Waals surface area contributed by atoms with E-state index in [9.17, 15) is 21.6 Å². The van der Waals surface area contributed by atoms with Crippen LogP contribution in [0.15, 0.2) is 53.4 Å². The third-order valence-corrected chi connectivity index (χ3v) is 7.91. The molecule has 2 aromatic rings. The fourth-order valence-corrected chi connectivity index (χ4v) is 5.74. The summed E-state index contributed by atoms with van der Waals surface area (Å²) < 4.78 is 57.7. The molecule has 1 aliphatic rings. The maximum absolute atomic E-state index is 12.9. The first-order valence-corrected chi connectivity index (χ1v) is 12.9. The van der Waals surface area contributed by atoms with Gasteiger partial charge in [-0.2, -0.15) is 4.31 Å². The Morgan fingerprint density at radius 2 is 1.71 bits per heavy atom. The van der Waals surface area contributed by atoms with Crippen molar-refractivity contribution in [3.8, 4) is 5.75 Å². The lowest BCUT2D eigenvalue weighted by atomic mass is 10.3. The monoisotopic (exact) mass is 467 g/mol. The lowest BCUT2D eigenvalue weighted by Crippen LogP contribution is -2.37. The molecule has 168 valence electrons. The Balaban J connectivity index is 1.86. The molecule has 0 saturated carbocycles. The van der Waals surface area contributed by atoms with Crippen LogP contribution in [0.3, 0.4) is 0 Å². The summed E-state index contributed by atoms with van der Waals surface area (Å²) in [6.45, 7) is 0.433. The molecular formula is C20H25N3O6S2. The predicted octanol–water partition coefficient (Wildman–Crippen LogP) is 1.88.